The van der Waals surface area contributed by atoms with Gasteiger partial charge in [-0.05, 0) is 0 Å². The molecule has 0 amide bonds. The number of carbonyl (C=O) groups excluding carboxylic acids is 3. The Hall–Kier alpha value is -0.0100. The van der Waals surface area contributed by atoms with Gasteiger partial charge < -0.3 is 45.0 Å². The standard InChI is InChI=1S/C5H12O4.C4H6O2.C3H4O4.2Na/c6-1-5(2-7,3-8)4-9;1-3-4(5)6-2;4-2(5)1-3(6)7;;/h6-9H,1-4H2;3H,1H2,2H3;1H2,(H,4,5)(H,6,7);;/q;;;2*+1/p-2. The molecule has 0 rings (SSSR count). The number of rotatable bonds is 7. The molecule has 0 saturated heterocycles. The van der Waals surface area contributed by atoms with Crippen molar-refractivity contribution in [3.8, 4) is 0 Å². The summed E-state index contributed by atoms with van der Waals surface area (Å²) in [6.45, 7) is 1.53. The Kier molecular flexibility index (Phi) is 33.7. The Bertz CT molecular complexity index is 315. The molecule has 0 aromatic carbocycles. The van der Waals surface area contributed by atoms with Crippen molar-refractivity contribution in [2.24, 2.45) is 5.41 Å². The van der Waals surface area contributed by atoms with Crippen molar-refractivity contribution in [2.75, 3.05) is 33.5 Å². The average Bonchev–Trinajstić information content (AvgIpc) is 2.49. The number of aliphatic hydroxyl groups is 4. The van der Waals surface area contributed by atoms with Gasteiger partial charge >= 0.3 is 65.1 Å². The first-order chi connectivity index (χ1) is 10.2. The van der Waals surface area contributed by atoms with E-state index in [4.69, 9.17) is 20.4 Å². The van der Waals surface area contributed by atoms with Crippen LogP contribution < -0.4 is 69.3 Å². The summed E-state index contributed by atoms with van der Waals surface area (Å²) in [6.07, 6.45) is 0.0833. The largest absolute Gasteiger partial charge is 1.00 e. The Balaban J connectivity index is -0.0000000737. The van der Waals surface area contributed by atoms with Gasteiger partial charge in [0.05, 0.1) is 39.0 Å². The van der Waals surface area contributed by atoms with E-state index in [9.17, 15) is 24.6 Å². The fourth-order valence-electron chi connectivity index (χ4n) is 0.501. The van der Waals surface area contributed by atoms with E-state index in [1.54, 1.807) is 0 Å². The molecule has 24 heavy (non-hydrogen) atoms. The SMILES string of the molecule is C=CC(=O)OC.O=C([O-])CC(=O)[O-].OCC(CO)(CO)CO.[Na+].[Na+]. The number of carboxylic acid groups (broad SMARTS) is 2. The Morgan fingerprint density at radius 3 is 1.25 bits per heavy atom. The number of esters is 1. The van der Waals surface area contributed by atoms with E-state index in [1.165, 1.54) is 7.11 Å². The van der Waals surface area contributed by atoms with Crippen molar-refractivity contribution in [2.45, 2.75) is 6.42 Å². The van der Waals surface area contributed by atoms with E-state index >= 15 is 0 Å². The van der Waals surface area contributed by atoms with Crippen LogP contribution in [0.2, 0.25) is 0 Å². The summed E-state index contributed by atoms with van der Waals surface area (Å²) in [5, 5.41) is 52.5. The summed E-state index contributed by atoms with van der Waals surface area (Å²) in [5.74, 6) is -3.64. The van der Waals surface area contributed by atoms with Crippen LogP contribution >= 0.6 is 0 Å². The molecule has 10 nitrogen and oxygen atoms in total. The number of aliphatic carboxylic acids is 2. The summed E-state index contributed by atoms with van der Waals surface area (Å²) in [5.41, 5.74) is -1.11. The van der Waals surface area contributed by atoms with Crippen LogP contribution in [0.3, 0.4) is 0 Å². The summed E-state index contributed by atoms with van der Waals surface area (Å²) >= 11 is 0. The minimum atomic E-state index is -1.63. The molecule has 0 heterocycles. The van der Waals surface area contributed by atoms with Gasteiger partial charge in [0.25, 0.3) is 0 Å². The van der Waals surface area contributed by atoms with Gasteiger partial charge in [-0.1, -0.05) is 6.58 Å². The first-order valence-electron chi connectivity index (χ1n) is 5.72. The maximum atomic E-state index is 9.84. The minimum absolute atomic E-state index is 0. The molecular formula is C12H20Na2O10. The fraction of sp³-hybridized carbons (Fsp3) is 0.583. The first kappa shape index (κ1) is 35.2. The number of carbonyl (C=O) groups is 3. The van der Waals surface area contributed by atoms with Crippen LogP contribution in [0.4, 0.5) is 0 Å². The second-order valence-corrected chi connectivity index (χ2v) is 3.78. The van der Waals surface area contributed by atoms with Gasteiger partial charge in [-0.15, -0.1) is 0 Å². The fourth-order valence-corrected chi connectivity index (χ4v) is 0.501. The summed E-state index contributed by atoms with van der Waals surface area (Å²) in [6, 6.07) is 0. The molecule has 0 aromatic rings. The topological polar surface area (TPSA) is 187 Å². The Labute approximate surface area is 183 Å². The predicted molar refractivity (Wildman–Crippen MR) is 67.6 cm³/mol. The van der Waals surface area contributed by atoms with Crippen LogP contribution in [-0.2, 0) is 19.1 Å². The number of aliphatic hydroxyl groups excluding tert-OH is 4. The third-order valence-corrected chi connectivity index (χ3v) is 2.00. The monoisotopic (exact) mass is 370 g/mol. The molecule has 0 spiro atoms. The molecule has 0 aliphatic carbocycles. The third-order valence-electron chi connectivity index (χ3n) is 2.00. The summed E-state index contributed by atoms with van der Waals surface area (Å²) in [4.78, 5) is 28.4. The molecule has 0 radical (unpaired) electrons. The average molecular weight is 370 g/mol. The van der Waals surface area contributed by atoms with Crippen molar-refractivity contribution < 1.29 is 109 Å². The molecule has 4 N–H and O–H groups in total. The van der Waals surface area contributed by atoms with E-state index in [0.717, 1.165) is 6.08 Å². The second-order valence-electron chi connectivity index (χ2n) is 3.78. The summed E-state index contributed by atoms with van der Waals surface area (Å²) < 4.78 is 4.14. The van der Waals surface area contributed by atoms with E-state index in [-0.39, 0.29) is 59.1 Å². The van der Waals surface area contributed by atoms with Gasteiger partial charge in [-0.2, -0.15) is 0 Å². The van der Waals surface area contributed by atoms with E-state index < -0.39 is 56.2 Å². The van der Waals surface area contributed by atoms with E-state index in [1.807, 2.05) is 0 Å². The van der Waals surface area contributed by atoms with E-state index in [2.05, 4.69) is 11.3 Å². The number of hydrogen-bond donors (Lipinski definition) is 4. The van der Waals surface area contributed by atoms with Crippen molar-refractivity contribution in [1.29, 1.82) is 0 Å². The molecule has 12 heteroatoms. The minimum Gasteiger partial charge on any atom is -0.550 e. The molecule has 0 aliphatic rings. The van der Waals surface area contributed by atoms with Gasteiger partial charge in [-0.3, -0.25) is 0 Å². The molecule has 0 unspecified atom stereocenters. The molecule has 0 fully saturated rings. The van der Waals surface area contributed by atoms with Crippen LogP contribution in [-0.4, -0.2) is 71.9 Å². The van der Waals surface area contributed by atoms with E-state index in [0.29, 0.717) is 0 Å². The molecule has 0 saturated carbocycles. The Morgan fingerprint density at radius 2 is 1.25 bits per heavy atom. The van der Waals surface area contributed by atoms with Gasteiger partial charge in [0.2, 0.25) is 0 Å². The van der Waals surface area contributed by atoms with Gasteiger partial charge in [0, 0.05) is 24.4 Å². The molecule has 0 aliphatic heterocycles. The molecule has 0 aromatic heterocycles. The second kappa shape index (κ2) is 23.0. The van der Waals surface area contributed by atoms with Crippen LogP contribution in [0.1, 0.15) is 6.42 Å². The first-order valence-corrected chi connectivity index (χ1v) is 5.72. The maximum absolute atomic E-state index is 9.84. The van der Waals surface area contributed by atoms with Crippen LogP contribution in [0.15, 0.2) is 12.7 Å². The van der Waals surface area contributed by atoms with Crippen molar-refractivity contribution in [1.82, 2.24) is 0 Å². The number of ether oxygens (including phenoxy) is 1. The summed E-state index contributed by atoms with van der Waals surface area (Å²) in [7, 11) is 1.31. The molecule has 130 valence electrons. The number of hydrogen-bond acceptors (Lipinski definition) is 10. The zero-order chi connectivity index (χ0) is 18.2. The maximum Gasteiger partial charge on any atom is 1.00 e. The molecule has 0 bridgehead atoms. The van der Waals surface area contributed by atoms with Crippen molar-refractivity contribution in [3.63, 3.8) is 0 Å². The third kappa shape index (κ3) is 24.2. The van der Waals surface area contributed by atoms with Gasteiger partial charge in [0.1, 0.15) is 0 Å². The number of methoxy groups -OCH3 is 1. The van der Waals surface area contributed by atoms with Crippen LogP contribution in [0, 0.1) is 5.41 Å². The Morgan fingerprint density at radius 1 is 0.958 bits per heavy atom. The van der Waals surface area contributed by atoms with Crippen LogP contribution in [0.5, 0.6) is 0 Å². The van der Waals surface area contributed by atoms with Crippen molar-refractivity contribution in [3.05, 3.63) is 12.7 Å². The normalized spacial score (nSPS) is 8.54. The zero-order valence-electron chi connectivity index (χ0n) is 14.1. The van der Waals surface area contributed by atoms with Gasteiger partial charge in [0.15, 0.2) is 0 Å². The quantitative estimate of drug-likeness (QED) is 0.145. The number of carboxylic acids is 2. The smallest absolute Gasteiger partial charge is 0.550 e. The predicted octanol–water partition coefficient (Wildman–Crippen LogP) is -10.8. The van der Waals surface area contributed by atoms with Crippen molar-refractivity contribution >= 4 is 17.9 Å². The zero-order valence-corrected chi connectivity index (χ0v) is 18.1. The van der Waals surface area contributed by atoms with Crippen LogP contribution in [0.25, 0.3) is 0 Å². The molecule has 0 atom stereocenters. The molecular weight excluding hydrogens is 350 g/mol. The van der Waals surface area contributed by atoms with Gasteiger partial charge in [-0.25, -0.2) is 4.79 Å².